The first-order valence-corrected chi connectivity index (χ1v) is 9.66. The van der Waals surface area contributed by atoms with Crippen LogP contribution in [-0.2, 0) is 9.53 Å². The van der Waals surface area contributed by atoms with E-state index in [1.54, 1.807) is 13.1 Å². The molecule has 28 heavy (non-hydrogen) atoms. The molecule has 1 aromatic heterocycles. The molecule has 0 aliphatic carbocycles. The number of rotatable bonds is 5. The third-order valence-electron chi connectivity index (χ3n) is 5.03. The van der Waals surface area contributed by atoms with Gasteiger partial charge in [0.15, 0.2) is 5.96 Å². The largest absolute Gasteiger partial charge is 0.379 e. The predicted molar refractivity (Wildman–Crippen MR) is 121 cm³/mol. The van der Waals surface area contributed by atoms with Gasteiger partial charge in [0.1, 0.15) is 5.82 Å². The molecule has 156 valence electrons. The normalized spacial score (nSPS) is 20.6. The van der Waals surface area contributed by atoms with Crippen molar-refractivity contribution >= 4 is 41.7 Å². The van der Waals surface area contributed by atoms with E-state index in [1.165, 1.54) is 0 Å². The number of likely N-dealkylation sites (tertiary alicyclic amines) is 1. The zero-order chi connectivity index (χ0) is 19.1. The molecule has 0 radical (unpaired) electrons. The lowest BCUT2D eigenvalue weighted by Crippen LogP contribution is -2.47. The Kier molecular flexibility index (Phi) is 9.39. The second-order valence-corrected chi connectivity index (χ2v) is 6.97. The third kappa shape index (κ3) is 6.56. The second kappa shape index (κ2) is 11.5. The van der Waals surface area contributed by atoms with Gasteiger partial charge in [-0.2, -0.15) is 0 Å². The standard InChI is InChI=1S/C19H30N6O2.HI/c1-15-4-3-5-17(22-15)23-18(26)6-8-21-19(20-2)25-9-7-16(14-25)24-10-12-27-13-11-24;/h3-5,16H,6-14H2,1-2H3,(H,20,21)(H,22,23,26);1H. The molecule has 3 heterocycles. The average molecular weight is 502 g/mol. The Morgan fingerprint density at radius 2 is 2.11 bits per heavy atom. The van der Waals surface area contributed by atoms with E-state index in [-0.39, 0.29) is 29.9 Å². The number of aliphatic imine (C=N–C) groups is 1. The smallest absolute Gasteiger partial charge is 0.227 e. The first-order chi connectivity index (χ1) is 13.2. The van der Waals surface area contributed by atoms with Crippen LogP contribution in [0.3, 0.4) is 0 Å². The van der Waals surface area contributed by atoms with Gasteiger partial charge in [0.05, 0.1) is 13.2 Å². The summed E-state index contributed by atoms with van der Waals surface area (Å²) in [6.07, 6.45) is 1.51. The van der Waals surface area contributed by atoms with E-state index in [2.05, 4.69) is 30.4 Å². The molecule has 1 aromatic rings. The van der Waals surface area contributed by atoms with Crippen molar-refractivity contribution in [3.63, 3.8) is 0 Å². The van der Waals surface area contributed by atoms with Gasteiger partial charge in [-0.15, -0.1) is 24.0 Å². The van der Waals surface area contributed by atoms with Gasteiger partial charge in [-0.25, -0.2) is 4.98 Å². The zero-order valence-corrected chi connectivity index (χ0v) is 19.0. The zero-order valence-electron chi connectivity index (χ0n) is 16.7. The topological polar surface area (TPSA) is 82.1 Å². The molecule has 2 aliphatic heterocycles. The Labute approximate surface area is 184 Å². The van der Waals surface area contributed by atoms with Crippen molar-refractivity contribution in [1.29, 1.82) is 0 Å². The fraction of sp³-hybridized carbons (Fsp3) is 0.632. The summed E-state index contributed by atoms with van der Waals surface area (Å²) in [4.78, 5) is 25.6. The number of aryl methyl sites for hydroxylation is 1. The number of morpholine rings is 1. The summed E-state index contributed by atoms with van der Waals surface area (Å²) in [5.41, 5.74) is 0.884. The highest BCUT2D eigenvalue weighted by molar-refractivity contribution is 14.0. The molecule has 0 saturated carbocycles. The minimum atomic E-state index is -0.0522. The van der Waals surface area contributed by atoms with Gasteiger partial charge < -0.3 is 20.3 Å². The van der Waals surface area contributed by atoms with Crippen LogP contribution in [0.4, 0.5) is 5.82 Å². The maximum Gasteiger partial charge on any atom is 0.227 e. The predicted octanol–water partition coefficient (Wildman–Crippen LogP) is 1.32. The highest BCUT2D eigenvalue weighted by atomic mass is 127. The van der Waals surface area contributed by atoms with Crippen molar-refractivity contribution in [2.75, 3.05) is 58.3 Å². The molecular formula is C19H31IN6O2. The molecule has 2 N–H and O–H groups in total. The molecule has 1 atom stereocenters. The molecule has 8 nitrogen and oxygen atoms in total. The van der Waals surface area contributed by atoms with Crippen LogP contribution >= 0.6 is 24.0 Å². The molecule has 2 saturated heterocycles. The molecule has 0 bridgehead atoms. The summed E-state index contributed by atoms with van der Waals surface area (Å²) in [5, 5.41) is 6.15. The molecule has 0 aromatic carbocycles. The summed E-state index contributed by atoms with van der Waals surface area (Å²) < 4.78 is 5.45. The Bertz CT molecular complexity index is 666. The number of amides is 1. The number of nitrogens with zero attached hydrogens (tertiary/aromatic N) is 4. The first-order valence-electron chi connectivity index (χ1n) is 9.66. The molecular weight excluding hydrogens is 471 g/mol. The number of hydrogen-bond acceptors (Lipinski definition) is 5. The van der Waals surface area contributed by atoms with Crippen LogP contribution in [0.1, 0.15) is 18.5 Å². The summed E-state index contributed by atoms with van der Waals surface area (Å²) in [6.45, 7) is 8.09. The average Bonchev–Trinajstić information content (AvgIpc) is 3.16. The van der Waals surface area contributed by atoms with Crippen LogP contribution in [0, 0.1) is 6.92 Å². The van der Waals surface area contributed by atoms with Gasteiger partial charge in [-0.1, -0.05) is 6.07 Å². The van der Waals surface area contributed by atoms with E-state index >= 15 is 0 Å². The Hall–Kier alpha value is -1.46. The maximum atomic E-state index is 12.1. The quantitative estimate of drug-likeness (QED) is 0.359. The fourth-order valence-corrected chi connectivity index (χ4v) is 3.61. The van der Waals surface area contributed by atoms with Crippen molar-refractivity contribution in [2.45, 2.75) is 25.8 Å². The third-order valence-corrected chi connectivity index (χ3v) is 5.03. The molecule has 9 heteroatoms. The van der Waals surface area contributed by atoms with Gasteiger partial charge >= 0.3 is 0 Å². The summed E-state index contributed by atoms with van der Waals surface area (Å²) >= 11 is 0. The number of pyridine rings is 1. The van der Waals surface area contributed by atoms with Gasteiger partial charge in [0.2, 0.25) is 5.91 Å². The molecule has 2 aliphatic rings. The number of guanidine groups is 1. The van der Waals surface area contributed by atoms with E-state index < -0.39 is 0 Å². The highest BCUT2D eigenvalue weighted by Crippen LogP contribution is 2.17. The minimum absolute atomic E-state index is 0. The monoisotopic (exact) mass is 502 g/mol. The van der Waals surface area contributed by atoms with E-state index in [9.17, 15) is 4.79 Å². The Morgan fingerprint density at radius 3 is 2.82 bits per heavy atom. The van der Waals surface area contributed by atoms with Crippen LogP contribution in [0.5, 0.6) is 0 Å². The van der Waals surface area contributed by atoms with Crippen molar-refractivity contribution < 1.29 is 9.53 Å². The number of hydrogen-bond donors (Lipinski definition) is 2. The SMILES string of the molecule is CN=C(NCCC(=O)Nc1cccc(C)n1)N1CCC(N2CCOCC2)C1.I. The molecule has 0 spiro atoms. The number of aromatic nitrogens is 1. The van der Waals surface area contributed by atoms with Crippen LogP contribution in [0.25, 0.3) is 0 Å². The number of ether oxygens (including phenoxy) is 1. The molecule has 1 unspecified atom stereocenters. The Morgan fingerprint density at radius 1 is 1.32 bits per heavy atom. The Balaban J connectivity index is 0.00000280. The van der Waals surface area contributed by atoms with E-state index in [0.29, 0.717) is 24.8 Å². The summed E-state index contributed by atoms with van der Waals surface area (Å²) in [7, 11) is 1.79. The number of carbonyl (C=O) groups excluding carboxylic acids is 1. The van der Waals surface area contributed by atoms with Crippen LogP contribution in [-0.4, -0.2) is 85.7 Å². The van der Waals surface area contributed by atoms with E-state index in [1.807, 2.05) is 19.1 Å². The lowest BCUT2D eigenvalue weighted by Gasteiger charge is -2.32. The van der Waals surface area contributed by atoms with Gasteiger partial charge in [-0.3, -0.25) is 14.7 Å². The van der Waals surface area contributed by atoms with Crippen LogP contribution in [0.2, 0.25) is 0 Å². The van der Waals surface area contributed by atoms with Crippen molar-refractivity contribution in [1.82, 2.24) is 20.1 Å². The first kappa shape index (κ1) is 22.8. The second-order valence-electron chi connectivity index (χ2n) is 6.97. The minimum Gasteiger partial charge on any atom is -0.379 e. The van der Waals surface area contributed by atoms with Crippen molar-refractivity contribution in [2.24, 2.45) is 4.99 Å². The van der Waals surface area contributed by atoms with Crippen molar-refractivity contribution in [3.05, 3.63) is 23.9 Å². The van der Waals surface area contributed by atoms with E-state index in [0.717, 1.165) is 57.5 Å². The molecule has 2 fully saturated rings. The maximum absolute atomic E-state index is 12.1. The molecule has 3 rings (SSSR count). The number of carbonyl (C=O) groups is 1. The van der Waals surface area contributed by atoms with E-state index in [4.69, 9.17) is 4.74 Å². The van der Waals surface area contributed by atoms with Crippen LogP contribution < -0.4 is 10.6 Å². The van der Waals surface area contributed by atoms with Crippen molar-refractivity contribution in [3.8, 4) is 0 Å². The lowest BCUT2D eigenvalue weighted by molar-refractivity contribution is -0.116. The fourth-order valence-electron chi connectivity index (χ4n) is 3.61. The summed E-state index contributed by atoms with van der Waals surface area (Å²) in [6, 6.07) is 6.15. The lowest BCUT2D eigenvalue weighted by atomic mass is 10.2. The number of anilines is 1. The van der Waals surface area contributed by atoms with Gasteiger partial charge in [0, 0.05) is 57.9 Å². The van der Waals surface area contributed by atoms with Crippen LogP contribution in [0.15, 0.2) is 23.2 Å². The number of nitrogens with one attached hydrogen (secondary N) is 2. The molecule has 1 amide bonds. The highest BCUT2D eigenvalue weighted by Gasteiger charge is 2.30. The van der Waals surface area contributed by atoms with Gasteiger partial charge in [-0.05, 0) is 25.5 Å². The number of halogens is 1. The summed E-state index contributed by atoms with van der Waals surface area (Å²) in [5.74, 6) is 1.41. The van der Waals surface area contributed by atoms with Gasteiger partial charge in [0.25, 0.3) is 0 Å².